The van der Waals surface area contributed by atoms with Gasteiger partial charge >= 0.3 is 5.97 Å². The van der Waals surface area contributed by atoms with Crippen molar-refractivity contribution in [2.24, 2.45) is 5.92 Å². The number of nitrogens with zero attached hydrogens (tertiary/aromatic N) is 3. The number of nitrogens with one attached hydrogen (secondary N) is 1. The topological polar surface area (TPSA) is 70.8 Å². The van der Waals surface area contributed by atoms with Crippen LogP contribution in [0, 0.1) is 5.92 Å². The minimum absolute atomic E-state index is 0.303. The van der Waals surface area contributed by atoms with E-state index in [0.717, 1.165) is 91.5 Å². The monoisotopic (exact) mass is 540 g/mol. The molecular formula is C33H40N4O3. The van der Waals surface area contributed by atoms with Gasteiger partial charge in [-0.2, -0.15) is 0 Å². The van der Waals surface area contributed by atoms with Crippen LogP contribution in [-0.2, 0) is 4.74 Å². The molecule has 1 saturated carbocycles. The molecule has 2 aliphatic heterocycles. The third-order valence-corrected chi connectivity index (χ3v) is 8.98. The van der Waals surface area contributed by atoms with E-state index in [4.69, 9.17) is 9.26 Å². The number of carbonyl (C=O) groups is 1. The molecule has 0 spiro atoms. The normalized spacial score (nSPS) is 22.1. The molecule has 2 aromatic carbocycles. The summed E-state index contributed by atoms with van der Waals surface area (Å²) >= 11 is 0. The lowest BCUT2D eigenvalue weighted by Crippen LogP contribution is -2.51. The molecule has 1 saturated heterocycles. The van der Waals surface area contributed by atoms with Crippen LogP contribution in [-0.4, -0.2) is 68.4 Å². The molecule has 7 heteroatoms. The predicted molar refractivity (Wildman–Crippen MR) is 159 cm³/mol. The zero-order valence-electron chi connectivity index (χ0n) is 23.7. The van der Waals surface area contributed by atoms with Crippen LogP contribution in [0.4, 0.5) is 5.82 Å². The van der Waals surface area contributed by atoms with Crippen LogP contribution in [0.1, 0.15) is 54.9 Å². The first kappa shape index (κ1) is 26.8. The highest BCUT2D eigenvalue weighted by Gasteiger charge is 2.28. The number of carbonyl (C=O) groups excluding carboxylic acids is 1. The van der Waals surface area contributed by atoms with Crippen molar-refractivity contribution >= 4 is 17.4 Å². The maximum atomic E-state index is 12.5. The number of aromatic nitrogens is 1. The van der Waals surface area contributed by atoms with Gasteiger partial charge in [0.2, 0.25) is 0 Å². The van der Waals surface area contributed by atoms with Gasteiger partial charge in [-0.25, -0.2) is 4.79 Å². The van der Waals surface area contributed by atoms with Crippen LogP contribution in [0.5, 0.6) is 0 Å². The molecular weight excluding hydrogens is 500 g/mol. The number of anilines is 1. The van der Waals surface area contributed by atoms with E-state index in [2.05, 4.69) is 69.7 Å². The summed E-state index contributed by atoms with van der Waals surface area (Å²) in [5.41, 5.74) is 5.90. The molecule has 3 aromatic rings. The van der Waals surface area contributed by atoms with Gasteiger partial charge in [-0.05, 0) is 79.0 Å². The van der Waals surface area contributed by atoms with Crippen LogP contribution in [0.3, 0.4) is 0 Å². The highest BCUT2D eigenvalue weighted by atomic mass is 16.5. The fourth-order valence-electron chi connectivity index (χ4n) is 6.45. The van der Waals surface area contributed by atoms with Gasteiger partial charge in [0, 0.05) is 50.4 Å². The molecule has 0 radical (unpaired) electrons. The standard InChI is InChI=1S/C33H40N4O3/c1-23-3-10-28(11-4-23)36-17-19-37(20-18-36)32-22-31(40-35-32)26-7-5-24(6-8-26)27-9-12-29(33(38)39-2)30(21-27)25-13-15-34-16-14-25/h5-9,12-13,21-23,28,34H,3-4,10-11,14-20H2,1-2H3. The van der Waals surface area contributed by atoms with E-state index >= 15 is 0 Å². The van der Waals surface area contributed by atoms with Crippen LogP contribution in [0.2, 0.25) is 0 Å². The minimum atomic E-state index is -0.303. The zero-order valence-corrected chi connectivity index (χ0v) is 23.7. The van der Waals surface area contributed by atoms with Crippen LogP contribution >= 0.6 is 0 Å². The number of rotatable bonds is 6. The number of benzene rings is 2. The first-order valence-electron chi connectivity index (χ1n) is 14.8. The van der Waals surface area contributed by atoms with Crippen molar-refractivity contribution in [1.29, 1.82) is 0 Å². The summed E-state index contributed by atoms with van der Waals surface area (Å²) in [7, 11) is 1.43. The van der Waals surface area contributed by atoms with Crippen molar-refractivity contribution in [3.63, 3.8) is 0 Å². The van der Waals surface area contributed by atoms with E-state index in [-0.39, 0.29) is 5.97 Å². The second-order valence-electron chi connectivity index (χ2n) is 11.5. The Labute approximate surface area is 237 Å². The van der Waals surface area contributed by atoms with Crippen LogP contribution in [0.15, 0.2) is 59.1 Å². The first-order valence-corrected chi connectivity index (χ1v) is 14.8. The molecule has 2 fully saturated rings. The Morgan fingerprint density at radius 2 is 1.68 bits per heavy atom. The average Bonchev–Trinajstić information content (AvgIpc) is 3.52. The summed E-state index contributed by atoms with van der Waals surface area (Å²) in [5.74, 6) is 2.30. The zero-order chi connectivity index (χ0) is 27.5. The summed E-state index contributed by atoms with van der Waals surface area (Å²) in [5, 5.41) is 7.76. The molecule has 0 amide bonds. The number of esters is 1. The lowest BCUT2D eigenvalue weighted by atomic mass is 9.86. The van der Waals surface area contributed by atoms with Crippen LogP contribution < -0.4 is 10.2 Å². The van der Waals surface area contributed by atoms with Gasteiger partial charge in [0.15, 0.2) is 11.6 Å². The number of hydrogen-bond acceptors (Lipinski definition) is 7. The van der Waals surface area contributed by atoms with Crippen molar-refractivity contribution in [2.75, 3.05) is 51.3 Å². The molecule has 3 heterocycles. The third-order valence-electron chi connectivity index (χ3n) is 8.98. The highest BCUT2D eigenvalue weighted by molar-refractivity contribution is 5.96. The largest absolute Gasteiger partial charge is 0.465 e. The Morgan fingerprint density at radius 3 is 2.38 bits per heavy atom. The van der Waals surface area contributed by atoms with Gasteiger partial charge in [-0.15, -0.1) is 0 Å². The van der Waals surface area contributed by atoms with E-state index in [1.807, 2.05) is 12.1 Å². The summed E-state index contributed by atoms with van der Waals surface area (Å²) < 4.78 is 10.8. The summed E-state index contributed by atoms with van der Waals surface area (Å²) in [6, 6.07) is 17.2. The fourth-order valence-corrected chi connectivity index (χ4v) is 6.45. The Balaban J connectivity index is 1.14. The van der Waals surface area contributed by atoms with E-state index in [0.29, 0.717) is 5.56 Å². The number of hydrogen-bond donors (Lipinski definition) is 1. The number of piperazine rings is 1. The second kappa shape index (κ2) is 12.0. The van der Waals surface area contributed by atoms with Gasteiger partial charge < -0.3 is 19.5 Å². The molecule has 0 atom stereocenters. The summed E-state index contributed by atoms with van der Waals surface area (Å²) in [6.45, 7) is 8.28. The summed E-state index contributed by atoms with van der Waals surface area (Å²) in [6.07, 6.45) is 8.47. The van der Waals surface area contributed by atoms with Crippen molar-refractivity contribution in [1.82, 2.24) is 15.4 Å². The number of ether oxygens (including phenoxy) is 1. The Morgan fingerprint density at radius 1 is 0.950 bits per heavy atom. The van der Waals surface area contributed by atoms with Gasteiger partial charge in [-0.1, -0.05) is 48.5 Å². The lowest BCUT2D eigenvalue weighted by Gasteiger charge is -2.41. The molecule has 6 rings (SSSR count). The van der Waals surface area contributed by atoms with E-state index in [1.165, 1.54) is 38.4 Å². The average molecular weight is 541 g/mol. The first-order chi connectivity index (χ1) is 19.6. The Bertz CT molecular complexity index is 1350. The molecule has 1 aliphatic carbocycles. The van der Waals surface area contributed by atoms with E-state index in [1.54, 1.807) is 0 Å². The summed E-state index contributed by atoms with van der Waals surface area (Å²) in [4.78, 5) is 17.5. The Hall–Kier alpha value is -3.42. The van der Waals surface area contributed by atoms with Gasteiger partial charge in [-0.3, -0.25) is 4.90 Å². The van der Waals surface area contributed by atoms with E-state index < -0.39 is 0 Å². The molecule has 7 nitrogen and oxygen atoms in total. The molecule has 210 valence electrons. The van der Waals surface area contributed by atoms with Crippen molar-refractivity contribution in [3.8, 4) is 22.5 Å². The quantitative estimate of drug-likeness (QED) is 0.392. The number of methoxy groups -OCH3 is 1. The third kappa shape index (κ3) is 5.72. The smallest absolute Gasteiger partial charge is 0.338 e. The van der Waals surface area contributed by atoms with Crippen molar-refractivity contribution in [3.05, 3.63) is 65.7 Å². The van der Waals surface area contributed by atoms with Crippen molar-refractivity contribution in [2.45, 2.75) is 45.1 Å². The molecule has 1 aromatic heterocycles. The SMILES string of the molecule is COC(=O)c1ccc(-c2ccc(-c3cc(N4CCN(C5CCC(C)CC5)CC4)no3)cc2)cc1C1=CCNCC1. The van der Waals surface area contributed by atoms with Gasteiger partial charge in [0.25, 0.3) is 0 Å². The highest BCUT2D eigenvalue weighted by Crippen LogP contribution is 2.33. The molecule has 1 N–H and O–H groups in total. The van der Waals surface area contributed by atoms with Crippen LogP contribution in [0.25, 0.3) is 28.0 Å². The fraction of sp³-hybridized carbons (Fsp3) is 0.455. The maximum Gasteiger partial charge on any atom is 0.338 e. The lowest BCUT2D eigenvalue weighted by molar-refractivity contribution is 0.0600. The molecule has 0 bridgehead atoms. The predicted octanol–water partition coefficient (Wildman–Crippen LogP) is 5.87. The molecule has 40 heavy (non-hydrogen) atoms. The Kier molecular flexibility index (Phi) is 8.03. The van der Waals surface area contributed by atoms with Crippen molar-refractivity contribution < 1.29 is 14.1 Å². The molecule has 0 unspecified atom stereocenters. The van der Waals surface area contributed by atoms with E-state index in [9.17, 15) is 4.79 Å². The van der Waals surface area contributed by atoms with Gasteiger partial charge in [0.1, 0.15) is 0 Å². The minimum Gasteiger partial charge on any atom is -0.465 e. The maximum absolute atomic E-state index is 12.5. The second-order valence-corrected chi connectivity index (χ2v) is 11.5. The molecule has 3 aliphatic rings. The van der Waals surface area contributed by atoms with Gasteiger partial charge in [0.05, 0.1) is 12.7 Å².